The van der Waals surface area contributed by atoms with Crippen LogP contribution in [0, 0.1) is 5.92 Å². The van der Waals surface area contributed by atoms with Crippen LogP contribution in [0.5, 0.6) is 0 Å². The maximum Gasteiger partial charge on any atom is 0.317 e. The van der Waals surface area contributed by atoms with E-state index < -0.39 is 0 Å². The number of hydrogen-bond donors (Lipinski definition) is 1. The Balaban J connectivity index is 1.64. The molecule has 0 spiro atoms. The fraction of sp³-hybridized carbons (Fsp3) is 0.562. The molecule has 0 aliphatic heterocycles. The van der Waals surface area contributed by atoms with Crippen LogP contribution in [-0.4, -0.2) is 24.5 Å². The second-order valence-electron chi connectivity index (χ2n) is 6.15. The van der Waals surface area contributed by atoms with E-state index in [2.05, 4.69) is 5.32 Å². The largest absolute Gasteiger partial charge is 0.331 e. The molecule has 1 fully saturated rings. The number of carbonyl (C=O) groups is 1. The lowest BCUT2D eigenvalue weighted by atomic mass is 9.85. The molecule has 1 atom stereocenters. The Morgan fingerprint density at radius 1 is 1.33 bits per heavy atom. The van der Waals surface area contributed by atoms with E-state index in [-0.39, 0.29) is 12.1 Å². The van der Waals surface area contributed by atoms with E-state index in [0.29, 0.717) is 16.0 Å². The fourth-order valence-corrected chi connectivity index (χ4v) is 3.63. The quantitative estimate of drug-likeness (QED) is 0.875. The standard InChI is InChI=1S/C16H20Cl2N2O/c1-20(9-10-3-2-4-10)16(21)19-14-8-6-12-11(14)5-7-13(17)15(12)18/h5,7,10,14H,2-4,6,8-9H2,1H3,(H,19,21). The molecule has 1 aromatic rings. The van der Waals surface area contributed by atoms with Crippen molar-refractivity contribution < 1.29 is 4.79 Å². The van der Waals surface area contributed by atoms with E-state index in [1.54, 1.807) is 4.90 Å². The summed E-state index contributed by atoms with van der Waals surface area (Å²) in [6.07, 6.45) is 5.55. The number of halogens is 2. The Morgan fingerprint density at radius 3 is 2.76 bits per heavy atom. The van der Waals surface area contributed by atoms with Crippen LogP contribution in [0.3, 0.4) is 0 Å². The predicted molar refractivity (Wildman–Crippen MR) is 86.0 cm³/mol. The van der Waals surface area contributed by atoms with Gasteiger partial charge in [-0.1, -0.05) is 35.7 Å². The van der Waals surface area contributed by atoms with Gasteiger partial charge in [0.05, 0.1) is 16.1 Å². The lowest BCUT2D eigenvalue weighted by Crippen LogP contribution is -2.42. The van der Waals surface area contributed by atoms with E-state index in [1.807, 2.05) is 19.2 Å². The van der Waals surface area contributed by atoms with Crippen molar-refractivity contribution in [2.45, 2.75) is 38.1 Å². The van der Waals surface area contributed by atoms with Gasteiger partial charge in [0.1, 0.15) is 0 Å². The molecular formula is C16H20Cl2N2O. The first-order valence-corrected chi connectivity index (χ1v) is 8.30. The van der Waals surface area contributed by atoms with Gasteiger partial charge < -0.3 is 10.2 Å². The third-order valence-corrected chi connectivity index (χ3v) is 5.54. The van der Waals surface area contributed by atoms with Crippen molar-refractivity contribution in [1.82, 2.24) is 10.2 Å². The zero-order valence-corrected chi connectivity index (χ0v) is 13.7. The summed E-state index contributed by atoms with van der Waals surface area (Å²) in [6, 6.07) is 3.84. The fourth-order valence-electron chi connectivity index (χ4n) is 3.19. The number of hydrogen-bond acceptors (Lipinski definition) is 1. The van der Waals surface area contributed by atoms with Crippen LogP contribution in [0.2, 0.25) is 10.0 Å². The first-order valence-electron chi connectivity index (χ1n) is 7.54. The zero-order chi connectivity index (χ0) is 15.0. The second kappa shape index (κ2) is 6.05. The van der Waals surface area contributed by atoms with Crippen molar-refractivity contribution in [3.63, 3.8) is 0 Å². The van der Waals surface area contributed by atoms with E-state index in [4.69, 9.17) is 23.2 Å². The van der Waals surface area contributed by atoms with Gasteiger partial charge in [-0.05, 0) is 48.8 Å². The molecule has 114 valence electrons. The maximum atomic E-state index is 12.3. The summed E-state index contributed by atoms with van der Waals surface area (Å²) in [4.78, 5) is 14.1. The summed E-state index contributed by atoms with van der Waals surface area (Å²) in [6.45, 7) is 0.854. The van der Waals surface area contributed by atoms with Gasteiger partial charge in [0, 0.05) is 13.6 Å². The monoisotopic (exact) mass is 326 g/mol. The molecule has 0 aromatic heterocycles. The number of benzene rings is 1. The zero-order valence-electron chi connectivity index (χ0n) is 12.2. The lowest BCUT2D eigenvalue weighted by molar-refractivity contribution is 0.179. The molecule has 1 unspecified atom stereocenters. The van der Waals surface area contributed by atoms with Crippen LogP contribution in [0.1, 0.15) is 42.9 Å². The predicted octanol–water partition coefficient (Wildman–Crippen LogP) is 4.42. The highest BCUT2D eigenvalue weighted by molar-refractivity contribution is 6.42. The highest BCUT2D eigenvalue weighted by Gasteiger charge is 2.28. The van der Waals surface area contributed by atoms with Gasteiger partial charge in [-0.3, -0.25) is 0 Å². The number of rotatable bonds is 3. The number of urea groups is 1. The average Bonchev–Trinajstić information content (AvgIpc) is 2.81. The van der Waals surface area contributed by atoms with Gasteiger partial charge >= 0.3 is 6.03 Å². The summed E-state index contributed by atoms with van der Waals surface area (Å²) in [7, 11) is 1.87. The lowest BCUT2D eigenvalue weighted by Gasteiger charge is -2.31. The van der Waals surface area contributed by atoms with Gasteiger partial charge in [-0.2, -0.15) is 0 Å². The van der Waals surface area contributed by atoms with Crippen LogP contribution in [-0.2, 0) is 6.42 Å². The molecule has 0 saturated heterocycles. The molecule has 3 nitrogen and oxygen atoms in total. The van der Waals surface area contributed by atoms with E-state index >= 15 is 0 Å². The van der Waals surface area contributed by atoms with Gasteiger partial charge in [-0.15, -0.1) is 0 Å². The van der Waals surface area contributed by atoms with Gasteiger partial charge in [-0.25, -0.2) is 4.79 Å². The topological polar surface area (TPSA) is 32.3 Å². The van der Waals surface area contributed by atoms with E-state index in [1.165, 1.54) is 19.3 Å². The molecule has 1 aromatic carbocycles. The summed E-state index contributed by atoms with van der Waals surface area (Å²) in [5.74, 6) is 0.685. The van der Waals surface area contributed by atoms with Crippen molar-refractivity contribution in [3.05, 3.63) is 33.3 Å². The van der Waals surface area contributed by atoms with Crippen molar-refractivity contribution in [2.75, 3.05) is 13.6 Å². The van der Waals surface area contributed by atoms with Crippen molar-refractivity contribution in [2.24, 2.45) is 5.92 Å². The van der Waals surface area contributed by atoms with Crippen molar-refractivity contribution in [1.29, 1.82) is 0 Å². The Hall–Kier alpha value is -0.930. The van der Waals surface area contributed by atoms with Gasteiger partial charge in [0.2, 0.25) is 0 Å². The molecule has 0 bridgehead atoms. The number of amides is 2. The molecule has 0 radical (unpaired) electrons. The Morgan fingerprint density at radius 2 is 2.10 bits per heavy atom. The molecule has 0 heterocycles. The minimum atomic E-state index is 0.00539. The van der Waals surface area contributed by atoms with Crippen LogP contribution in [0.25, 0.3) is 0 Å². The van der Waals surface area contributed by atoms with Gasteiger partial charge in [0.25, 0.3) is 0 Å². The molecule has 2 aliphatic carbocycles. The number of carbonyl (C=O) groups excluding carboxylic acids is 1. The van der Waals surface area contributed by atoms with E-state index in [0.717, 1.165) is 30.5 Å². The molecule has 1 N–H and O–H groups in total. The average molecular weight is 327 g/mol. The molecule has 2 aliphatic rings. The minimum Gasteiger partial charge on any atom is -0.331 e. The van der Waals surface area contributed by atoms with Crippen molar-refractivity contribution in [3.8, 4) is 0 Å². The third kappa shape index (κ3) is 3.00. The van der Waals surface area contributed by atoms with Crippen LogP contribution in [0.4, 0.5) is 4.79 Å². The first kappa shape index (κ1) is 15.0. The second-order valence-corrected chi connectivity index (χ2v) is 6.93. The van der Waals surface area contributed by atoms with Gasteiger partial charge in [0.15, 0.2) is 0 Å². The normalized spacial score (nSPS) is 20.8. The van der Waals surface area contributed by atoms with E-state index in [9.17, 15) is 4.79 Å². The number of fused-ring (bicyclic) bond motifs is 1. The van der Waals surface area contributed by atoms with Crippen molar-refractivity contribution >= 4 is 29.2 Å². The molecule has 5 heteroatoms. The minimum absolute atomic E-state index is 0.00539. The highest BCUT2D eigenvalue weighted by Crippen LogP contribution is 2.39. The maximum absolute atomic E-state index is 12.3. The number of nitrogens with zero attached hydrogens (tertiary/aromatic N) is 1. The summed E-state index contributed by atoms with van der Waals surface area (Å²) >= 11 is 12.3. The number of nitrogens with one attached hydrogen (secondary N) is 1. The molecule has 1 saturated carbocycles. The summed E-state index contributed by atoms with van der Waals surface area (Å²) in [5, 5.41) is 4.34. The Bertz CT molecular complexity index is 557. The van der Waals surface area contributed by atoms with Crippen LogP contribution < -0.4 is 5.32 Å². The smallest absolute Gasteiger partial charge is 0.317 e. The SMILES string of the molecule is CN(CC1CCC1)C(=O)NC1CCc2c1ccc(Cl)c2Cl. The molecule has 3 rings (SSSR count). The third-order valence-electron chi connectivity index (χ3n) is 4.69. The molecular weight excluding hydrogens is 307 g/mol. The summed E-state index contributed by atoms with van der Waals surface area (Å²) in [5.41, 5.74) is 2.19. The first-order chi connectivity index (χ1) is 10.1. The Kier molecular flexibility index (Phi) is 4.32. The molecule has 21 heavy (non-hydrogen) atoms. The van der Waals surface area contributed by atoms with Crippen LogP contribution >= 0.6 is 23.2 Å². The Labute approximate surface area is 135 Å². The molecule has 2 amide bonds. The highest BCUT2D eigenvalue weighted by atomic mass is 35.5. The summed E-state index contributed by atoms with van der Waals surface area (Å²) < 4.78 is 0. The van der Waals surface area contributed by atoms with Crippen LogP contribution in [0.15, 0.2) is 12.1 Å².